The van der Waals surface area contributed by atoms with E-state index in [0.717, 1.165) is 0 Å². The molecule has 0 rings (SSSR count). The number of rotatable bonds is 11. The lowest BCUT2D eigenvalue weighted by Gasteiger charge is -2.13. The molecule has 0 aliphatic rings. The molecule has 0 saturated carbocycles. The zero-order chi connectivity index (χ0) is 20.4. The predicted octanol–water partition coefficient (Wildman–Crippen LogP) is 2.26. The molecule has 0 fully saturated rings. The molecule has 0 aromatic heterocycles. The van der Waals surface area contributed by atoms with Gasteiger partial charge < -0.3 is 19.7 Å². The van der Waals surface area contributed by atoms with Crippen LogP contribution in [0.1, 0.15) is 38.5 Å². The second kappa shape index (κ2) is 11.2. The van der Waals surface area contributed by atoms with Crippen LogP contribution in [0, 0.1) is 0 Å². The molecule has 0 aliphatic heterocycles. The summed E-state index contributed by atoms with van der Waals surface area (Å²) in [6.07, 6.45) is -13.7. The molecule has 0 bridgehead atoms. The van der Waals surface area contributed by atoms with Crippen molar-refractivity contribution in [1.29, 1.82) is 0 Å². The third-order valence-corrected chi connectivity index (χ3v) is 3.09. The molecule has 0 heterocycles. The van der Waals surface area contributed by atoms with Crippen LogP contribution in [0.3, 0.4) is 0 Å². The summed E-state index contributed by atoms with van der Waals surface area (Å²) in [5.41, 5.74) is 0. The third kappa shape index (κ3) is 10.4. The van der Waals surface area contributed by atoms with Gasteiger partial charge in [0.15, 0.2) is 0 Å². The van der Waals surface area contributed by atoms with Crippen molar-refractivity contribution < 1.29 is 55.6 Å². The summed E-state index contributed by atoms with van der Waals surface area (Å²) < 4.78 is 80.4. The normalized spacial score (nSPS) is 14.6. The molecule has 0 aliphatic carbocycles. The topological polar surface area (TPSA) is 93.1 Å². The molecule has 154 valence electrons. The second-order valence-corrected chi connectivity index (χ2v) is 5.34. The van der Waals surface area contributed by atoms with Crippen molar-refractivity contribution in [1.82, 2.24) is 0 Å². The number of unbranched alkanes of at least 4 members (excludes halogenated alkanes) is 5. The highest BCUT2D eigenvalue weighted by atomic mass is 19.4. The van der Waals surface area contributed by atoms with Gasteiger partial charge in [-0.05, 0) is 12.8 Å². The van der Waals surface area contributed by atoms with Crippen LogP contribution in [-0.2, 0) is 19.1 Å². The maximum atomic E-state index is 12.0. The molecule has 0 aromatic carbocycles. The Bertz CT molecular complexity index is 397. The Hall–Kier alpha value is -1.56. The van der Waals surface area contributed by atoms with Crippen molar-refractivity contribution in [3.8, 4) is 0 Å². The summed E-state index contributed by atoms with van der Waals surface area (Å²) >= 11 is 0. The average Bonchev–Trinajstić information content (AvgIpc) is 2.52. The fourth-order valence-electron chi connectivity index (χ4n) is 1.68. The van der Waals surface area contributed by atoms with Gasteiger partial charge in [0, 0.05) is 0 Å². The fourth-order valence-corrected chi connectivity index (χ4v) is 1.68. The highest BCUT2D eigenvalue weighted by molar-refractivity contribution is 5.75. The van der Waals surface area contributed by atoms with E-state index in [1.807, 2.05) is 0 Å². The largest absolute Gasteiger partial charge is 0.464 e. The number of halogens is 6. The van der Waals surface area contributed by atoms with Crippen LogP contribution in [0.2, 0.25) is 0 Å². The number of aliphatic hydroxyl groups is 2. The first-order valence-electron chi connectivity index (χ1n) is 7.70. The van der Waals surface area contributed by atoms with Gasteiger partial charge in [0.05, 0.1) is 13.2 Å². The van der Waals surface area contributed by atoms with Crippen molar-refractivity contribution in [3.05, 3.63) is 0 Å². The van der Waals surface area contributed by atoms with Crippen LogP contribution in [-0.4, -0.2) is 59.9 Å². The first kappa shape index (κ1) is 24.4. The zero-order valence-corrected chi connectivity index (χ0v) is 13.6. The van der Waals surface area contributed by atoms with Crippen LogP contribution in [0.25, 0.3) is 0 Å². The summed E-state index contributed by atoms with van der Waals surface area (Å²) in [4.78, 5) is 21.7. The number of alkyl halides is 6. The molecule has 0 radical (unpaired) electrons. The molecule has 0 aromatic rings. The average molecular weight is 398 g/mol. The summed E-state index contributed by atoms with van der Waals surface area (Å²) in [5, 5.41) is 17.2. The lowest BCUT2D eigenvalue weighted by Crippen LogP contribution is -2.37. The van der Waals surface area contributed by atoms with E-state index in [1.54, 1.807) is 0 Å². The molecule has 2 N–H and O–H groups in total. The van der Waals surface area contributed by atoms with E-state index in [1.165, 1.54) is 0 Å². The number of aliphatic hydroxyl groups excluding tert-OH is 2. The highest BCUT2D eigenvalue weighted by Gasteiger charge is 2.45. The Morgan fingerprint density at radius 2 is 0.923 bits per heavy atom. The van der Waals surface area contributed by atoms with Gasteiger partial charge in [-0.15, -0.1) is 0 Å². The van der Waals surface area contributed by atoms with E-state index in [9.17, 15) is 35.9 Å². The lowest BCUT2D eigenvalue weighted by molar-refractivity contribution is -0.219. The molecule has 26 heavy (non-hydrogen) atoms. The van der Waals surface area contributed by atoms with Gasteiger partial charge >= 0.3 is 24.3 Å². The molecule has 12 heteroatoms. The van der Waals surface area contributed by atoms with Crippen molar-refractivity contribution in [2.75, 3.05) is 13.2 Å². The van der Waals surface area contributed by atoms with E-state index in [2.05, 4.69) is 9.47 Å². The second-order valence-electron chi connectivity index (χ2n) is 5.34. The van der Waals surface area contributed by atoms with Crippen LogP contribution in [0.4, 0.5) is 26.3 Å². The molecular weight excluding hydrogens is 378 g/mol. The van der Waals surface area contributed by atoms with Crippen molar-refractivity contribution in [2.24, 2.45) is 0 Å². The Morgan fingerprint density at radius 3 is 1.19 bits per heavy atom. The maximum Gasteiger partial charge on any atom is 0.425 e. The Labute approximate surface area is 145 Å². The number of hydrogen-bond acceptors (Lipinski definition) is 6. The van der Waals surface area contributed by atoms with Crippen LogP contribution in [0.15, 0.2) is 0 Å². The first-order valence-corrected chi connectivity index (χ1v) is 7.70. The predicted molar refractivity (Wildman–Crippen MR) is 73.7 cm³/mol. The molecule has 6 nitrogen and oxygen atoms in total. The number of carbonyl (C=O) groups excluding carboxylic acids is 2. The number of ether oxygens (including phenoxy) is 2. The molecule has 0 saturated heterocycles. The van der Waals surface area contributed by atoms with Gasteiger partial charge in [-0.1, -0.05) is 25.7 Å². The SMILES string of the molecule is O=C(OCCCCCCCCOC(=O)[C@H](O)C(F)(F)F)[C@H](O)C(F)(F)F. The Kier molecular flexibility index (Phi) is 10.5. The monoisotopic (exact) mass is 398 g/mol. The van der Waals surface area contributed by atoms with Crippen LogP contribution < -0.4 is 0 Å². The smallest absolute Gasteiger partial charge is 0.425 e. The minimum absolute atomic E-state index is 0.279. The van der Waals surface area contributed by atoms with Gasteiger partial charge in [0.2, 0.25) is 12.2 Å². The molecule has 2 atom stereocenters. The van der Waals surface area contributed by atoms with Crippen molar-refractivity contribution in [2.45, 2.75) is 63.1 Å². The van der Waals surface area contributed by atoms with E-state index >= 15 is 0 Å². The van der Waals surface area contributed by atoms with E-state index in [0.29, 0.717) is 25.7 Å². The summed E-state index contributed by atoms with van der Waals surface area (Å²) in [6, 6.07) is 0. The van der Waals surface area contributed by atoms with Gasteiger partial charge in [-0.3, -0.25) is 0 Å². The summed E-state index contributed by atoms with van der Waals surface area (Å²) in [7, 11) is 0. The van der Waals surface area contributed by atoms with Gasteiger partial charge in [-0.25, -0.2) is 9.59 Å². The first-order chi connectivity index (χ1) is 11.9. The van der Waals surface area contributed by atoms with Crippen molar-refractivity contribution in [3.63, 3.8) is 0 Å². The lowest BCUT2D eigenvalue weighted by atomic mass is 10.1. The molecular formula is C14H20F6O6. The number of hydrogen-bond donors (Lipinski definition) is 2. The quantitative estimate of drug-likeness (QED) is 0.315. The number of carbonyl (C=O) groups is 2. The highest BCUT2D eigenvalue weighted by Crippen LogP contribution is 2.21. The van der Waals surface area contributed by atoms with E-state index < -0.39 is 36.5 Å². The molecule has 0 amide bonds. The zero-order valence-electron chi connectivity index (χ0n) is 13.6. The minimum Gasteiger partial charge on any atom is -0.464 e. The third-order valence-electron chi connectivity index (χ3n) is 3.09. The summed E-state index contributed by atoms with van der Waals surface area (Å²) in [5.74, 6) is -3.53. The van der Waals surface area contributed by atoms with E-state index in [-0.39, 0.29) is 26.1 Å². The minimum atomic E-state index is -5.07. The van der Waals surface area contributed by atoms with Crippen molar-refractivity contribution >= 4 is 11.9 Å². The Morgan fingerprint density at radius 1 is 0.654 bits per heavy atom. The van der Waals surface area contributed by atoms with Gasteiger partial charge in [0.1, 0.15) is 0 Å². The maximum absolute atomic E-state index is 12.0. The molecule has 0 spiro atoms. The van der Waals surface area contributed by atoms with Gasteiger partial charge in [0.25, 0.3) is 0 Å². The standard InChI is InChI=1S/C14H20F6O6/c15-13(16,17)9(21)11(23)25-7-5-3-1-2-4-6-8-26-12(24)10(22)14(18,19)20/h9-10,21-22H,1-8H2/t9-,10-/m0/s1. The Balaban J connectivity index is 3.58. The van der Waals surface area contributed by atoms with Crippen LogP contribution >= 0.6 is 0 Å². The van der Waals surface area contributed by atoms with Crippen LogP contribution in [0.5, 0.6) is 0 Å². The fraction of sp³-hybridized carbons (Fsp3) is 0.857. The molecule has 0 unspecified atom stereocenters. The van der Waals surface area contributed by atoms with E-state index in [4.69, 9.17) is 10.2 Å². The van der Waals surface area contributed by atoms with Gasteiger partial charge in [-0.2, -0.15) is 26.3 Å². The summed E-state index contributed by atoms with van der Waals surface area (Å²) in [6.45, 7) is -0.558. The number of esters is 2.